The van der Waals surface area contributed by atoms with E-state index >= 15 is 0 Å². The molecular formula is C32H30O11. The number of aliphatic hydroxyl groups excluding tert-OH is 1. The van der Waals surface area contributed by atoms with Gasteiger partial charge in [-0.25, -0.2) is 4.79 Å². The fraction of sp³-hybridized carbons (Fsp3) is 0.344. The average Bonchev–Trinajstić information content (AvgIpc) is 3.66. The number of fused-ring (bicyclic) bond motifs is 4. The molecule has 3 aromatic heterocycles. The Hall–Kier alpha value is -4.29. The highest BCUT2D eigenvalue weighted by molar-refractivity contribution is 6.00. The SMILES string of the molecule is CC(C)(O)[C@H](O)COc1c2c(cc3ccoc13)C=C[C@]1(O2)O[C@H](COc2c3occc3cc3ccc(=O)oc23)C(C)(C)O1. The molecule has 0 amide bonds. The Morgan fingerprint density at radius 1 is 0.953 bits per heavy atom. The van der Waals surface area contributed by atoms with Gasteiger partial charge in [0.15, 0.2) is 22.5 Å². The Morgan fingerprint density at radius 2 is 1.65 bits per heavy atom. The molecule has 0 saturated carbocycles. The maximum Gasteiger partial charge on any atom is 0.350 e. The van der Waals surface area contributed by atoms with Crippen LogP contribution < -0.4 is 19.8 Å². The van der Waals surface area contributed by atoms with E-state index in [0.717, 1.165) is 10.8 Å². The van der Waals surface area contributed by atoms with Crippen LogP contribution in [0, 0.1) is 0 Å². The number of aliphatic hydroxyl groups is 2. The van der Waals surface area contributed by atoms with Crippen LogP contribution in [0.3, 0.4) is 0 Å². The van der Waals surface area contributed by atoms with Crippen LogP contribution in [-0.4, -0.2) is 52.8 Å². The molecule has 1 fully saturated rings. The molecule has 2 aromatic carbocycles. The molecule has 1 saturated heterocycles. The summed E-state index contributed by atoms with van der Waals surface area (Å²) in [6.45, 7) is 6.46. The molecule has 0 unspecified atom stereocenters. The standard InChI is InChI=1S/C32H30O11/c1-30(2,35)21(33)15-38-29-25-20(9-12-37-25)14-18-7-10-32(42-27(18)29)41-22(31(3,4)43-32)16-39-28-24-19(8-11-36-24)13-17-5-6-23(34)40-26(17)28/h5-14,21-22,33,35H,15-16H2,1-4H3/t21-,22-,32-/m1/s1. The van der Waals surface area contributed by atoms with E-state index in [1.165, 1.54) is 32.4 Å². The summed E-state index contributed by atoms with van der Waals surface area (Å²) in [5.41, 5.74) is -1.01. The number of hydrogen-bond donors (Lipinski definition) is 2. The normalized spacial score (nSPS) is 21.9. The third kappa shape index (κ3) is 4.74. The van der Waals surface area contributed by atoms with Crippen LogP contribution in [-0.2, 0) is 9.47 Å². The average molecular weight is 591 g/mol. The summed E-state index contributed by atoms with van der Waals surface area (Å²) in [4.78, 5) is 12.0. The van der Waals surface area contributed by atoms with Crippen molar-refractivity contribution in [2.75, 3.05) is 13.2 Å². The summed E-state index contributed by atoms with van der Waals surface area (Å²) in [6.07, 6.45) is 4.70. The van der Waals surface area contributed by atoms with E-state index in [0.29, 0.717) is 27.9 Å². The van der Waals surface area contributed by atoms with Gasteiger partial charge in [-0.15, -0.1) is 0 Å². The number of benzene rings is 2. The lowest BCUT2D eigenvalue weighted by atomic mass is 10.0. The largest absolute Gasteiger partial charge is 0.483 e. The minimum atomic E-state index is -1.64. The second-order valence-electron chi connectivity index (χ2n) is 11.8. The Labute approximate surface area is 244 Å². The number of rotatable bonds is 7. The Bertz CT molecular complexity index is 1940. The summed E-state index contributed by atoms with van der Waals surface area (Å²) >= 11 is 0. The number of furan rings is 2. The van der Waals surface area contributed by atoms with Crippen molar-refractivity contribution >= 4 is 39.0 Å². The second-order valence-corrected chi connectivity index (χ2v) is 11.8. The summed E-state index contributed by atoms with van der Waals surface area (Å²) in [5.74, 6) is -0.829. The molecule has 2 N–H and O–H groups in total. The molecule has 2 aliphatic rings. The topological polar surface area (TPSA) is 143 Å². The molecule has 0 bridgehead atoms. The van der Waals surface area contributed by atoms with Gasteiger partial charge in [0.25, 0.3) is 0 Å². The zero-order chi connectivity index (χ0) is 30.1. The van der Waals surface area contributed by atoms with Gasteiger partial charge in [-0.3, -0.25) is 0 Å². The predicted molar refractivity (Wildman–Crippen MR) is 154 cm³/mol. The van der Waals surface area contributed by atoms with Gasteiger partial charge in [0.05, 0.1) is 23.7 Å². The van der Waals surface area contributed by atoms with Gasteiger partial charge in [0, 0.05) is 33.9 Å². The van der Waals surface area contributed by atoms with Gasteiger partial charge in [0.2, 0.25) is 11.5 Å². The van der Waals surface area contributed by atoms with Crippen molar-refractivity contribution in [2.45, 2.75) is 57.1 Å². The maximum absolute atomic E-state index is 12.0. The van der Waals surface area contributed by atoms with Gasteiger partial charge in [-0.1, -0.05) is 0 Å². The predicted octanol–water partition coefficient (Wildman–Crippen LogP) is 5.13. The van der Waals surface area contributed by atoms with Crippen LogP contribution in [0.4, 0.5) is 0 Å². The second kappa shape index (κ2) is 9.61. The van der Waals surface area contributed by atoms with Gasteiger partial charge in [-0.05, 0) is 64.1 Å². The minimum absolute atomic E-state index is 0.00464. The lowest BCUT2D eigenvalue weighted by Crippen LogP contribution is -2.41. The molecule has 43 heavy (non-hydrogen) atoms. The Balaban J connectivity index is 1.18. The molecule has 5 heterocycles. The summed E-state index contributed by atoms with van der Waals surface area (Å²) in [6, 6.07) is 10.3. The molecule has 0 aliphatic carbocycles. The van der Waals surface area contributed by atoms with E-state index in [-0.39, 0.29) is 30.3 Å². The summed E-state index contributed by atoms with van der Waals surface area (Å²) in [7, 11) is 0. The van der Waals surface area contributed by atoms with Crippen LogP contribution in [0.2, 0.25) is 0 Å². The van der Waals surface area contributed by atoms with Crippen molar-refractivity contribution in [1.82, 2.24) is 0 Å². The van der Waals surface area contributed by atoms with Gasteiger partial charge >= 0.3 is 11.6 Å². The first-order valence-electron chi connectivity index (χ1n) is 13.8. The third-order valence-corrected chi connectivity index (χ3v) is 7.74. The summed E-state index contributed by atoms with van der Waals surface area (Å²) < 4.78 is 48.2. The van der Waals surface area contributed by atoms with Gasteiger partial charge in [0.1, 0.15) is 25.4 Å². The first kappa shape index (κ1) is 27.5. The molecule has 224 valence electrons. The van der Waals surface area contributed by atoms with Crippen LogP contribution in [0.5, 0.6) is 17.2 Å². The smallest absolute Gasteiger partial charge is 0.350 e. The van der Waals surface area contributed by atoms with Crippen molar-refractivity contribution in [3.63, 3.8) is 0 Å². The lowest BCUT2D eigenvalue weighted by molar-refractivity contribution is -0.271. The van der Waals surface area contributed by atoms with E-state index in [1.807, 2.05) is 26.0 Å². The Kier molecular flexibility index (Phi) is 6.16. The first-order chi connectivity index (χ1) is 20.4. The fourth-order valence-corrected chi connectivity index (χ4v) is 5.22. The van der Waals surface area contributed by atoms with E-state index in [2.05, 4.69) is 0 Å². The quantitative estimate of drug-likeness (QED) is 0.244. The third-order valence-electron chi connectivity index (χ3n) is 7.74. The minimum Gasteiger partial charge on any atom is -0.483 e. The Morgan fingerprint density at radius 3 is 2.40 bits per heavy atom. The van der Waals surface area contributed by atoms with Gasteiger partial charge in [-0.2, -0.15) is 0 Å². The molecule has 11 heteroatoms. The van der Waals surface area contributed by atoms with Crippen LogP contribution >= 0.6 is 0 Å². The zero-order valence-corrected chi connectivity index (χ0v) is 23.9. The van der Waals surface area contributed by atoms with Crippen molar-refractivity contribution in [2.24, 2.45) is 0 Å². The summed E-state index contributed by atoms with van der Waals surface area (Å²) in [5, 5.41) is 22.9. The monoisotopic (exact) mass is 590 g/mol. The lowest BCUT2D eigenvalue weighted by Gasteiger charge is -2.31. The maximum atomic E-state index is 12.0. The molecular weight excluding hydrogens is 560 g/mol. The highest BCUT2D eigenvalue weighted by Gasteiger charge is 2.55. The van der Waals surface area contributed by atoms with Gasteiger partial charge < -0.3 is 47.1 Å². The molecule has 11 nitrogen and oxygen atoms in total. The van der Waals surface area contributed by atoms with Crippen molar-refractivity contribution in [3.8, 4) is 17.2 Å². The molecule has 0 radical (unpaired) electrons. The molecule has 5 aromatic rings. The first-order valence-corrected chi connectivity index (χ1v) is 13.8. The molecule has 2 aliphatic heterocycles. The van der Waals surface area contributed by atoms with E-state index < -0.39 is 35.0 Å². The fourth-order valence-electron chi connectivity index (χ4n) is 5.22. The van der Waals surface area contributed by atoms with E-state index in [9.17, 15) is 15.0 Å². The molecule has 1 spiro atoms. The number of hydrogen-bond acceptors (Lipinski definition) is 11. The van der Waals surface area contributed by atoms with E-state index in [4.69, 9.17) is 36.9 Å². The van der Waals surface area contributed by atoms with Crippen LogP contribution in [0.1, 0.15) is 33.3 Å². The highest BCUT2D eigenvalue weighted by atomic mass is 16.9. The van der Waals surface area contributed by atoms with E-state index in [1.54, 1.807) is 30.4 Å². The van der Waals surface area contributed by atoms with Crippen molar-refractivity contribution in [3.05, 3.63) is 71.0 Å². The molecule has 7 rings (SSSR count). The zero-order valence-electron chi connectivity index (χ0n) is 23.9. The highest BCUT2D eigenvalue weighted by Crippen LogP contribution is 2.49. The van der Waals surface area contributed by atoms with Crippen molar-refractivity contribution < 1.29 is 47.1 Å². The molecule has 3 atom stereocenters. The number of ether oxygens (including phenoxy) is 5. The van der Waals surface area contributed by atoms with Crippen LogP contribution in [0.25, 0.3) is 39.0 Å². The van der Waals surface area contributed by atoms with Crippen LogP contribution in [0.15, 0.2) is 73.0 Å². The van der Waals surface area contributed by atoms with Crippen molar-refractivity contribution in [1.29, 1.82) is 0 Å².